The van der Waals surface area contributed by atoms with Crippen LogP contribution in [0.3, 0.4) is 0 Å². The van der Waals surface area contributed by atoms with E-state index >= 15 is 0 Å². The molecule has 0 amide bonds. The smallest absolute Gasteiger partial charge is 0.147 e. The van der Waals surface area contributed by atoms with Crippen LogP contribution in [0.4, 0.5) is 0 Å². The maximum Gasteiger partial charge on any atom is -0.147 e. The van der Waals surface area contributed by atoms with Gasteiger partial charge in [-0.05, 0) is 0 Å². The molecule has 0 heterocycles. The molecule has 1 aromatic rings. The Balaban J connectivity index is 0.000000980. The number of halogens is 1. The molecule has 0 nitrogen and oxygen atoms in total. The van der Waals surface area contributed by atoms with Gasteiger partial charge in [-0.1, -0.05) is 0 Å². The average Bonchev–Trinajstić information content (AvgIpc) is 2.69. The van der Waals surface area contributed by atoms with Crippen molar-refractivity contribution in [2.45, 2.75) is 6.42 Å². The molecule has 14 heavy (non-hydrogen) atoms. The normalized spacial score (nSPS) is 13.3. The van der Waals surface area contributed by atoms with Gasteiger partial charge in [0.05, 0.1) is 0 Å². The molecule has 1 aromatic carbocycles. The van der Waals surface area contributed by atoms with Crippen molar-refractivity contribution in [3.05, 3.63) is 53.5 Å². The molecule has 0 bridgehead atoms. The van der Waals surface area contributed by atoms with Crippen LogP contribution in [0.15, 0.2) is 53.5 Å². The minimum Gasteiger partial charge on any atom is -0.147 e. The summed E-state index contributed by atoms with van der Waals surface area (Å²) in [6.07, 6.45) is 7.82. The summed E-state index contributed by atoms with van der Waals surface area (Å²) in [5.41, 5.74) is 0. The van der Waals surface area contributed by atoms with E-state index in [1.807, 2.05) is 0 Å². The molecule has 0 aliphatic heterocycles. The zero-order chi connectivity index (χ0) is 8.93. The van der Waals surface area contributed by atoms with Gasteiger partial charge < -0.3 is 0 Å². The van der Waals surface area contributed by atoms with E-state index in [-0.39, 0.29) is 12.4 Å². The second kappa shape index (κ2) is 6.65. The Hall–Kier alpha value is 0.210. The SMILES string of the molecule is C1=CCC([S][Hf][c]2ccccc2)=C1.Cl. The molecule has 0 atom stereocenters. The molecular formula is C11H11ClHfS. The molecule has 0 saturated carbocycles. The van der Waals surface area contributed by atoms with E-state index in [4.69, 9.17) is 0 Å². The zero-order valence-electron chi connectivity index (χ0n) is 7.64. The van der Waals surface area contributed by atoms with E-state index in [1.165, 1.54) is 6.42 Å². The summed E-state index contributed by atoms with van der Waals surface area (Å²) in [5, 5.41) is 0. The summed E-state index contributed by atoms with van der Waals surface area (Å²) in [6, 6.07) is 10.9. The molecule has 3 heteroatoms. The van der Waals surface area contributed by atoms with Crippen LogP contribution in [-0.4, -0.2) is 0 Å². The van der Waals surface area contributed by atoms with E-state index in [0.717, 1.165) is 0 Å². The first-order valence-corrected chi connectivity index (χ1v) is 11.3. The average molecular weight is 389 g/mol. The van der Waals surface area contributed by atoms with Gasteiger partial charge in [0.15, 0.2) is 0 Å². The van der Waals surface area contributed by atoms with Gasteiger partial charge in [0.2, 0.25) is 0 Å². The van der Waals surface area contributed by atoms with Crippen molar-refractivity contribution in [1.29, 1.82) is 0 Å². The summed E-state index contributed by atoms with van der Waals surface area (Å²) in [5.74, 6) is 0. The largest absolute Gasteiger partial charge is 0.147 e. The van der Waals surface area contributed by atoms with Gasteiger partial charge in [0, 0.05) is 0 Å². The Labute approximate surface area is 105 Å². The summed E-state index contributed by atoms with van der Waals surface area (Å²) in [4.78, 5) is 1.56. The summed E-state index contributed by atoms with van der Waals surface area (Å²) in [6.45, 7) is 0. The third kappa shape index (κ3) is 3.76. The van der Waals surface area contributed by atoms with Crippen molar-refractivity contribution < 1.29 is 21.5 Å². The minimum atomic E-state index is -0.622. The van der Waals surface area contributed by atoms with Gasteiger partial charge in [-0.2, -0.15) is 0 Å². The molecule has 1 aliphatic carbocycles. The Morgan fingerprint density at radius 3 is 2.57 bits per heavy atom. The maximum absolute atomic E-state index is 2.26. The van der Waals surface area contributed by atoms with Crippen molar-refractivity contribution in [3.8, 4) is 0 Å². The molecule has 0 fully saturated rings. The van der Waals surface area contributed by atoms with Gasteiger partial charge in [-0.3, -0.25) is 0 Å². The maximum atomic E-state index is 2.26. The van der Waals surface area contributed by atoms with Crippen LogP contribution in [0.1, 0.15) is 6.42 Å². The third-order valence-electron chi connectivity index (χ3n) is 1.81. The number of rotatable bonds is 3. The van der Waals surface area contributed by atoms with Crippen molar-refractivity contribution in [2.75, 3.05) is 0 Å². The molecule has 0 N–H and O–H groups in total. The number of benzene rings is 1. The molecule has 0 radical (unpaired) electrons. The van der Waals surface area contributed by atoms with E-state index in [2.05, 4.69) is 57.1 Å². The van der Waals surface area contributed by atoms with E-state index in [1.54, 1.807) is 8.23 Å². The minimum absolute atomic E-state index is 0. The number of hydrogen-bond donors (Lipinski definition) is 0. The van der Waals surface area contributed by atoms with Gasteiger partial charge in [-0.15, -0.1) is 12.4 Å². The van der Waals surface area contributed by atoms with Gasteiger partial charge >= 0.3 is 93.2 Å². The summed E-state index contributed by atoms with van der Waals surface area (Å²) < 4.78 is 1.60. The second-order valence-electron chi connectivity index (χ2n) is 2.84. The number of allylic oxidation sites excluding steroid dienone is 4. The number of hydrogen-bond acceptors (Lipinski definition) is 1. The molecule has 72 valence electrons. The first kappa shape index (κ1) is 12.3. The predicted octanol–water partition coefficient (Wildman–Crippen LogP) is 3.31. The fourth-order valence-corrected chi connectivity index (χ4v) is 8.32. The topological polar surface area (TPSA) is 0 Å². The molecule has 0 aromatic heterocycles. The van der Waals surface area contributed by atoms with Gasteiger partial charge in [0.1, 0.15) is 0 Å². The Morgan fingerprint density at radius 1 is 1.14 bits per heavy atom. The third-order valence-corrected chi connectivity index (χ3v) is 10.4. The van der Waals surface area contributed by atoms with Crippen LogP contribution >= 0.6 is 21.0 Å². The quantitative estimate of drug-likeness (QED) is 0.715. The van der Waals surface area contributed by atoms with E-state index < -0.39 is 21.5 Å². The molecule has 0 saturated heterocycles. The molecule has 1 aliphatic rings. The van der Waals surface area contributed by atoms with Gasteiger partial charge in [0.25, 0.3) is 0 Å². The van der Waals surface area contributed by atoms with E-state index in [9.17, 15) is 0 Å². The zero-order valence-corrected chi connectivity index (χ0v) is 12.9. The van der Waals surface area contributed by atoms with Crippen LogP contribution in [-0.2, 0) is 21.5 Å². The van der Waals surface area contributed by atoms with Crippen molar-refractivity contribution in [1.82, 2.24) is 0 Å². The molecule has 0 unspecified atom stereocenters. The van der Waals surface area contributed by atoms with Crippen LogP contribution in [0, 0.1) is 0 Å². The van der Waals surface area contributed by atoms with Crippen LogP contribution in [0.2, 0.25) is 0 Å². The first-order valence-electron chi connectivity index (χ1n) is 4.29. The van der Waals surface area contributed by atoms with Gasteiger partial charge in [-0.25, -0.2) is 0 Å². The monoisotopic (exact) mass is 390 g/mol. The summed E-state index contributed by atoms with van der Waals surface area (Å²) >= 11 is -0.622. The Bertz CT molecular complexity index is 332. The van der Waals surface area contributed by atoms with Crippen LogP contribution < -0.4 is 3.32 Å². The van der Waals surface area contributed by atoms with Crippen LogP contribution in [0.25, 0.3) is 0 Å². The summed E-state index contributed by atoms with van der Waals surface area (Å²) in [7, 11) is 2.13. The fraction of sp³-hybridized carbons (Fsp3) is 0.0909. The Kier molecular flexibility index (Phi) is 5.83. The Morgan fingerprint density at radius 2 is 1.93 bits per heavy atom. The standard InChI is InChI=1S/C6H5.C5H6S.ClH.Hf/c1-2-4-6-5-3-1;6-5-3-1-2-4-5;;/h1-5H;1-3,6H,4H2;1H;/q;;;+1/p-1. The van der Waals surface area contributed by atoms with Crippen molar-refractivity contribution in [2.24, 2.45) is 0 Å². The second-order valence-corrected chi connectivity index (χ2v) is 10.2. The molecule has 2 rings (SSSR count). The van der Waals surface area contributed by atoms with Crippen molar-refractivity contribution in [3.63, 3.8) is 0 Å². The molecule has 0 spiro atoms. The fourth-order valence-electron chi connectivity index (χ4n) is 1.13. The molecular weight excluding hydrogens is 378 g/mol. The van der Waals surface area contributed by atoms with Crippen molar-refractivity contribution >= 4 is 24.3 Å². The first-order chi connectivity index (χ1) is 6.45. The van der Waals surface area contributed by atoms with E-state index in [0.29, 0.717) is 0 Å². The van der Waals surface area contributed by atoms with Crippen LogP contribution in [0.5, 0.6) is 0 Å². The predicted molar refractivity (Wildman–Crippen MR) is 62.8 cm³/mol.